The van der Waals surface area contributed by atoms with Gasteiger partial charge in [-0.3, -0.25) is 0 Å². The van der Waals surface area contributed by atoms with Crippen molar-refractivity contribution in [2.75, 3.05) is 12.8 Å². The summed E-state index contributed by atoms with van der Waals surface area (Å²) < 4.78 is 72.8. The number of alkyl halides is 6. The number of methoxy groups -OCH3 is 1. The fraction of sp³-hybridized carbons (Fsp3) is 0.364. The molecule has 0 aromatic heterocycles. The Morgan fingerprint density at radius 2 is 1.65 bits per heavy atom. The van der Waals surface area contributed by atoms with E-state index in [-0.39, 0.29) is 11.3 Å². The molecular weight excluding hydrogens is 292 g/mol. The number of benzene rings is 1. The summed E-state index contributed by atoms with van der Waals surface area (Å²) in [6, 6.07) is 3.77. The zero-order valence-corrected chi connectivity index (χ0v) is 10.4. The van der Waals surface area contributed by atoms with Crippen molar-refractivity contribution in [2.24, 2.45) is 0 Å². The smallest absolute Gasteiger partial charge is 0.462 e. The van der Waals surface area contributed by atoms with Gasteiger partial charge in [0.1, 0.15) is 0 Å². The molecule has 0 aliphatic heterocycles. The first-order valence-electron chi connectivity index (χ1n) is 4.98. The Morgan fingerprint density at radius 3 is 1.90 bits per heavy atom. The van der Waals surface area contributed by atoms with Crippen LogP contribution >= 0.6 is 0 Å². The van der Waals surface area contributed by atoms with Gasteiger partial charge in [-0.25, -0.2) is 4.79 Å². The van der Waals surface area contributed by atoms with Gasteiger partial charge in [0.05, 0.1) is 12.7 Å². The molecular formula is C11H11F6NO2. The minimum absolute atomic E-state index is 0.0880. The van der Waals surface area contributed by atoms with Crippen LogP contribution in [0.25, 0.3) is 0 Å². The molecule has 1 aromatic carbocycles. The molecule has 0 aliphatic rings. The van der Waals surface area contributed by atoms with Crippen LogP contribution in [-0.4, -0.2) is 19.3 Å². The van der Waals surface area contributed by atoms with Gasteiger partial charge in [-0.15, -0.1) is 0 Å². The van der Waals surface area contributed by atoms with Crippen molar-refractivity contribution in [3.63, 3.8) is 0 Å². The quantitative estimate of drug-likeness (QED) is 0.454. The van der Waals surface area contributed by atoms with E-state index >= 15 is 0 Å². The Balaban J connectivity index is 0.000000396. The van der Waals surface area contributed by atoms with E-state index in [1.165, 1.54) is 19.1 Å². The minimum Gasteiger partial charge on any atom is -0.462 e. The number of ether oxygens (including phenoxy) is 1. The van der Waals surface area contributed by atoms with Crippen molar-refractivity contribution in [1.29, 1.82) is 0 Å². The second-order valence-electron chi connectivity index (χ2n) is 3.51. The second-order valence-corrected chi connectivity index (χ2v) is 3.51. The van der Waals surface area contributed by atoms with Crippen molar-refractivity contribution < 1.29 is 35.9 Å². The number of carbonyl (C=O) groups excluding carboxylic acids is 1. The van der Waals surface area contributed by atoms with Gasteiger partial charge in [0.25, 0.3) is 0 Å². The van der Waals surface area contributed by atoms with E-state index in [0.29, 0.717) is 7.11 Å². The lowest BCUT2D eigenvalue weighted by Crippen LogP contribution is -2.23. The first kappa shape index (κ1) is 18.1. The van der Waals surface area contributed by atoms with Crippen molar-refractivity contribution in [3.8, 4) is 0 Å². The highest BCUT2D eigenvalue weighted by Crippen LogP contribution is 2.33. The lowest BCUT2D eigenvalue weighted by Gasteiger charge is -2.10. The Labute approximate surface area is 110 Å². The minimum atomic E-state index is -4.85. The third-order valence-corrected chi connectivity index (χ3v) is 2.10. The molecule has 0 radical (unpaired) electrons. The van der Waals surface area contributed by atoms with E-state index in [9.17, 15) is 31.1 Å². The SMILES string of the molecule is COC(=O)C(F)(F)F.Cc1c(N)cccc1C(F)(F)F. The molecule has 0 amide bonds. The Kier molecular flexibility index (Phi) is 5.86. The third-order valence-electron chi connectivity index (χ3n) is 2.10. The molecule has 0 saturated heterocycles. The highest BCUT2D eigenvalue weighted by molar-refractivity contribution is 5.75. The van der Waals surface area contributed by atoms with Gasteiger partial charge in [-0.2, -0.15) is 26.3 Å². The van der Waals surface area contributed by atoms with Crippen LogP contribution in [0.4, 0.5) is 32.0 Å². The molecule has 114 valence electrons. The normalized spacial score (nSPS) is 11.4. The molecule has 20 heavy (non-hydrogen) atoms. The van der Waals surface area contributed by atoms with Crippen LogP contribution in [0.2, 0.25) is 0 Å². The summed E-state index contributed by atoms with van der Waals surface area (Å²) in [6.07, 6.45) is -9.16. The number of anilines is 1. The average Bonchev–Trinajstić information content (AvgIpc) is 2.29. The van der Waals surface area contributed by atoms with Gasteiger partial charge in [0.15, 0.2) is 0 Å². The molecule has 0 spiro atoms. The van der Waals surface area contributed by atoms with Gasteiger partial charge in [-0.1, -0.05) is 6.07 Å². The van der Waals surface area contributed by atoms with Crippen LogP contribution in [0.5, 0.6) is 0 Å². The maximum atomic E-state index is 12.2. The lowest BCUT2D eigenvalue weighted by atomic mass is 10.1. The zero-order chi connectivity index (χ0) is 16.1. The van der Waals surface area contributed by atoms with E-state index in [0.717, 1.165) is 6.07 Å². The van der Waals surface area contributed by atoms with Crippen LogP contribution in [0.15, 0.2) is 18.2 Å². The molecule has 2 N–H and O–H groups in total. The van der Waals surface area contributed by atoms with Crippen LogP contribution in [0, 0.1) is 6.92 Å². The number of nitrogens with two attached hydrogens (primary N) is 1. The molecule has 0 atom stereocenters. The maximum Gasteiger partial charge on any atom is 0.490 e. The van der Waals surface area contributed by atoms with Crippen LogP contribution in [0.3, 0.4) is 0 Å². The number of rotatable bonds is 0. The maximum absolute atomic E-state index is 12.2. The molecule has 0 saturated carbocycles. The highest BCUT2D eigenvalue weighted by Gasteiger charge is 2.40. The Hall–Kier alpha value is -1.93. The number of hydrogen-bond donors (Lipinski definition) is 1. The predicted molar refractivity (Wildman–Crippen MR) is 58.7 cm³/mol. The van der Waals surface area contributed by atoms with Crippen molar-refractivity contribution in [1.82, 2.24) is 0 Å². The van der Waals surface area contributed by atoms with Gasteiger partial charge in [0, 0.05) is 5.69 Å². The first-order valence-corrected chi connectivity index (χ1v) is 4.98. The Bertz CT molecular complexity index is 467. The van der Waals surface area contributed by atoms with Crippen LogP contribution in [-0.2, 0) is 15.7 Å². The summed E-state index contributed by atoms with van der Waals surface area (Å²) in [5.41, 5.74) is 4.91. The van der Waals surface area contributed by atoms with Gasteiger partial charge in [-0.05, 0) is 24.6 Å². The molecule has 9 heteroatoms. The molecule has 0 bridgehead atoms. The number of hydrogen-bond acceptors (Lipinski definition) is 3. The van der Waals surface area contributed by atoms with E-state index < -0.39 is 23.9 Å². The molecule has 0 heterocycles. The predicted octanol–water partition coefficient (Wildman–Crippen LogP) is 3.32. The monoisotopic (exact) mass is 303 g/mol. The second kappa shape index (κ2) is 6.49. The molecule has 0 fully saturated rings. The summed E-state index contributed by atoms with van der Waals surface area (Å²) >= 11 is 0. The van der Waals surface area contributed by atoms with Gasteiger partial charge >= 0.3 is 18.3 Å². The van der Waals surface area contributed by atoms with Crippen molar-refractivity contribution >= 4 is 11.7 Å². The summed E-state index contributed by atoms with van der Waals surface area (Å²) in [6.45, 7) is 1.36. The zero-order valence-electron chi connectivity index (χ0n) is 10.4. The lowest BCUT2D eigenvalue weighted by molar-refractivity contribution is -0.196. The van der Waals surface area contributed by atoms with E-state index in [1.54, 1.807) is 0 Å². The summed E-state index contributed by atoms with van der Waals surface area (Å²) in [4.78, 5) is 9.49. The number of carbonyl (C=O) groups is 1. The van der Waals surface area contributed by atoms with Gasteiger partial charge in [0.2, 0.25) is 0 Å². The fourth-order valence-electron chi connectivity index (χ4n) is 1.08. The Morgan fingerprint density at radius 1 is 1.15 bits per heavy atom. The molecule has 3 nitrogen and oxygen atoms in total. The highest BCUT2D eigenvalue weighted by atomic mass is 19.4. The number of nitrogen functional groups attached to an aromatic ring is 1. The van der Waals surface area contributed by atoms with E-state index in [2.05, 4.69) is 4.74 Å². The van der Waals surface area contributed by atoms with Crippen LogP contribution in [0.1, 0.15) is 11.1 Å². The molecule has 1 aromatic rings. The molecule has 0 aliphatic carbocycles. The van der Waals surface area contributed by atoms with Crippen molar-refractivity contribution in [2.45, 2.75) is 19.3 Å². The van der Waals surface area contributed by atoms with Crippen molar-refractivity contribution in [3.05, 3.63) is 29.3 Å². The first-order chi connectivity index (χ1) is 8.91. The fourth-order valence-corrected chi connectivity index (χ4v) is 1.08. The largest absolute Gasteiger partial charge is 0.490 e. The topological polar surface area (TPSA) is 52.3 Å². The number of halogens is 6. The van der Waals surface area contributed by atoms with E-state index in [1.807, 2.05) is 0 Å². The van der Waals surface area contributed by atoms with E-state index in [4.69, 9.17) is 5.73 Å². The average molecular weight is 303 g/mol. The number of esters is 1. The summed E-state index contributed by atoms with van der Waals surface area (Å²) in [5.74, 6) is -2.17. The molecule has 1 rings (SSSR count). The standard InChI is InChI=1S/C8H8F3N.C3H3F3O2/c1-5-6(8(9,10)11)3-2-4-7(5)12;1-8-2(7)3(4,5)6/h2-4H,12H2,1H3;1H3. The van der Waals surface area contributed by atoms with Gasteiger partial charge < -0.3 is 10.5 Å². The third kappa shape index (κ3) is 5.37. The summed E-state index contributed by atoms with van der Waals surface area (Å²) in [7, 11) is 0.676. The summed E-state index contributed by atoms with van der Waals surface area (Å²) in [5, 5.41) is 0. The van der Waals surface area contributed by atoms with Crippen LogP contribution < -0.4 is 5.73 Å². The molecule has 0 unspecified atom stereocenters.